The maximum atomic E-state index is 12.9. The van der Waals surface area contributed by atoms with E-state index in [4.69, 9.17) is 18.9 Å². The molecule has 9 heteroatoms. The number of allylic oxidation sites excluding steroid dienone is 8. The third-order valence-corrected chi connectivity index (χ3v) is 16.5. The van der Waals surface area contributed by atoms with Gasteiger partial charge in [0.25, 0.3) is 0 Å². The minimum absolute atomic E-state index is 0.149. The Kier molecular flexibility index (Phi) is 65.0. The molecule has 0 aliphatic rings. The molecule has 498 valence electrons. The fourth-order valence-corrected chi connectivity index (χ4v) is 10.9. The molecule has 0 saturated heterocycles. The lowest BCUT2D eigenvalue weighted by molar-refractivity contribution is -0.870. The monoisotopic (exact) mass is 1200 g/mol. The second-order valence-corrected chi connectivity index (χ2v) is 26.2. The minimum Gasteiger partial charge on any atom is -0.545 e. The van der Waals surface area contributed by atoms with Crippen LogP contribution in [0.3, 0.4) is 0 Å². The van der Waals surface area contributed by atoms with Gasteiger partial charge in [-0.15, -0.1) is 0 Å². The Morgan fingerprint density at radius 2 is 0.635 bits per heavy atom. The Balaban J connectivity index is 4.06. The first-order chi connectivity index (χ1) is 41.6. The molecule has 0 spiro atoms. The van der Waals surface area contributed by atoms with Crippen molar-refractivity contribution in [2.75, 3.05) is 47.5 Å². The predicted molar refractivity (Wildman–Crippen MR) is 362 cm³/mol. The van der Waals surface area contributed by atoms with Gasteiger partial charge in [-0.3, -0.25) is 9.59 Å². The summed E-state index contributed by atoms with van der Waals surface area (Å²) in [4.78, 5) is 37.5. The molecule has 2 atom stereocenters. The Labute approximate surface area is 527 Å². The number of rotatable bonds is 69. The van der Waals surface area contributed by atoms with Crippen LogP contribution in [-0.4, -0.2) is 82.3 Å². The lowest BCUT2D eigenvalue weighted by Crippen LogP contribution is -2.44. The number of carboxylic acids is 1. The summed E-state index contributed by atoms with van der Waals surface area (Å²) in [6.45, 7) is 4.80. The molecule has 0 saturated carbocycles. The van der Waals surface area contributed by atoms with Gasteiger partial charge in [-0.05, 0) is 77.0 Å². The van der Waals surface area contributed by atoms with Crippen molar-refractivity contribution < 1.29 is 42.9 Å². The van der Waals surface area contributed by atoms with Gasteiger partial charge in [0.2, 0.25) is 0 Å². The van der Waals surface area contributed by atoms with Crippen molar-refractivity contribution >= 4 is 17.9 Å². The second-order valence-electron chi connectivity index (χ2n) is 26.2. The molecule has 2 unspecified atom stereocenters. The molecular formula is C76H141NO8. The molecule has 0 fully saturated rings. The molecule has 0 aliphatic carbocycles. The van der Waals surface area contributed by atoms with Gasteiger partial charge in [-0.1, -0.05) is 319 Å². The van der Waals surface area contributed by atoms with Crippen LogP contribution in [0.5, 0.6) is 0 Å². The Hall–Kier alpha value is -2.75. The summed E-state index contributed by atoms with van der Waals surface area (Å²) < 4.78 is 22.8. The number of carbonyl (C=O) groups excluding carboxylic acids is 3. The number of esters is 2. The Morgan fingerprint density at radius 3 is 0.953 bits per heavy atom. The summed E-state index contributed by atoms with van der Waals surface area (Å²) in [5.41, 5.74) is 0. The van der Waals surface area contributed by atoms with E-state index in [1.807, 2.05) is 21.1 Å². The summed E-state index contributed by atoms with van der Waals surface area (Å²) in [6.07, 6.45) is 83.5. The first kappa shape index (κ1) is 82.2. The van der Waals surface area contributed by atoms with Crippen LogP contribution in [0.15, 0.2) is 48.6 Å². The summed E-state index contributed by atoms with van der Waals surface area (Å²) in [7, 11) is 5.94. The number of carbonyl (C=O) groups is 3. The number of hydrogen-bond donors (Lipinski definition) is 0. The normalized spacial score (nSPS) is 12.9. The van der Waals surface area contributed by atoms with Gasteiger partial charge in [0.05, 0.1) is 40.3 Å². The van der Waals surface area contributed by atoms with Crippen molar-refractivity contribution in [1.82, 2.24) is 0 Å². The molecule has 0 bridgehead atoms. The van der Waals surface area contributed by atoms with E-state index in [0.29, 0.717) is 23.9 Å². The molecule has 0 radical (unpaired) electrons. The number of ether oxygens (including phenoxy) is 4. The average molecular weight is 1200 g/mol. The number of aliphatic carboxylic acids is 1. The molecule has 0 aromatic carbocycles. The fraction of sp³-hybridized carbons (Fsp3) is 0.855. The van der Waals surface area contributed by atoms with Crippen molar-refractivity contribution in [3.05, 3.63) is 48.6 Å². The van der Waals surface area contributed by atoms with Crippen molar-refractivity contribution in [2.45, 2.75) is 373 Å². The van der Waals surface area contributed by atoms with Gasteiger partial charge in [0, 0.05) is 12.8 Å². The zero-order chi connectivity index (χ0) is 61.9. The van der Waals surface area contributed by atoms with E-state index in [1.54, 1.807) is 0 Å². The average Bonchev–Trinajstić information content (AvgIpc) is 3.49. The van der Waals surface area contributed by atoms with Crippen molar-refractivity contribution in [1.29, 1.82) is 0 Å². The van der Waals surface area contributed by atoms with E-state index >= 15 is 0 Å². The minimum atomic E-state index is -1.62. The summed E-state index contributed by atoms with van der Waals surface area (Å²) in [6, 6.07) is 0. The van der Waals surface area contributed by atoms with E-state index < -0.39 is 24.3 Å². The van der Waals surface area contributed by atoms with Crippen LogP contribution in [-0.2, 0) is 33.3 Å². The standard InChI is InChI=1S/C76H141NO8/c1-6-8-10-12-14-16-18-20-22-24-26-28-30-32-34-36-37-39-41-43-45-47-49-51-53-55-57-59-61-63-65-67-74(79)85-72(71-84-76(75(80)81)82-69-68-77(3,4)5)70-83-73(78)66-64-62-60-58-56-54-52-50-48-46-44-42-40-38-35-33-31-29-27-25-23-21-19-17-15-13-11-9-7-2/h18,20,24-27,30,32,72,76H,6-17,19,21-23,28-29,31,33-71H2,1-5H3/b20-18-,26-24-,27-25-,32-30-. The number of carboxylic acid groups (broad SMARTS) is 1. The molecule has 0 heterocycles. The lowest BCUT2D eigenvalue weighted by Gasteiger charge is -2.26. The van der Waals surface area contributed by atoms with Crippen LogP contribution in [0.4, 0.5) is 0 Å². The van der Waals surface area contributed by atoms with Crippen molar-refractivity contribution in [3.63, 3.8) is 0 Å². The largest absolute Gasteiger partial charge is 0.545 e. The fourth-order valence-electron chi connectivity index (χ4n) is 10.9. The molecular weight excluding hydrogens is 1050 g/mol. The highest BCUT2D eigenvalue weighted by atomic mass is 16.7. The van der Waals surface area contributed by atoms with Gasteiger partial charge in [0.15, 0.2) is 12.4 Å². The van der Waals surface area contributed by atoms with Crippen LogP contribution in [0.25, 0.3) is 0 Å². The molecule has 0 aliphatic heterocycles. The van der Waals surface area contributed by atoms with Gasteiger partial charge >= 0.3 is 11.9 Å². The van der Waals surface area contributed by atoms with Crippen LogP contribution in [0, 0.1) is 0 Å². The zero-order valence-electron chi connectivity index (χ0n) is 57.0. The third-order valence-electron chi connectivity index (χ3n) is 16.5. The number of nitrogens with zero attached hydrogens (tertiary/aromatic N) is 1. The van der Waals surface area contributed by atoms with E-state index in [0.717, 1.165) is 44.9 Å². The Morgan fingerprint density at radius 1 is 0.353 bits per heavy atom. The number of quaternary nitrogens is 1. The number of hydrogen-bond acceptors (Lipinski definition) is 8. The zero-order valence-corrected chi connectivity index (χ0v) is 57.0. The molecule has 0 rings (SSSR count). The molecule has 0 amide bonds. The van der Waals surface area contributed by atoms with E-state index in [9.17, 15) is 19.5 Å². The van der Waals surface area contributed by atoms with Crippen LogP contribution in [0.2, 0.25) is 0 Å². The summed E-state index contributed by atoms with van der Waals surface area (Å²) >= 11 is 0. The molecule has 9 nitrogen and oxygen atoms in total. The predicted octanol–water partition coefficient (Wildman–Crippen LogP) is 21.6. The second kappa shape index (κ2) is 67.2. The topological polar surface area (TPSA) is 111 Å². The van der Waals surface area contributed by atoms with Crippen molar-refractivity contribution in [2.24, 2.45) is 0 Å². The van der Waals surface area contributed by atoms with E-state index in [2.05, 4.69) is 62.5 Å². The van der Waals surface area contributed by atoms with Crippen LogP contribution < -0.4 is 5.11 Å². The SMILES string of the molecule is CCCCCCC/C=C\C/C=C\C/C=C\CCCCCCCCCCCCCCCCCCC(=O)OC(COC(=O)CCCCCCCCCCCCCCCCCCC/C=C\CCCCCCCCCC)COC(OCC[N+](C)(C)C)C(=O)[O-]. The van der Waals surface area contributed by atoms with Crippen LogP contribution in [0.1, 0.15) is 361 Å². The maximum absolute atomic E-state index is 12.9. The van der Waals surface area contributed by atoms with E-state index in [1.165, 1.54) is 283 Å². The smallest absolute Gasteiger partial charge is 0.306 e. The molecule has 0 aromatic heterocycles. The highest BCUT2D eigenvalue weighted by Crippen LogP contribution is 2.18. The van der Waals surface area contributed by atoms with Crippen LogP contribution >= 0.6 is 0 Å². The van der Waals surface area contributed by atoms with Gasteiger partial charge in [-0.25, -0.2) is 0 Å². The number of unbranched alkanes of at least 4 members (excludes halogenated alkanes) is 46. The van der Waals surface area contributed by atoms with Gasteiger partial charge < -0.3 is 33.3 Å². The lowest BCUT2D eigenvalue weighted by atomic mass is 10.0. The first-order valence-electron chi connectivity index (χ1n) is 36.8. The van der Waals surface area contributed by atoms with Crippen molar-refractivity contribution in [3.8, 4) is 0 Å². The molecule has 85 heavy (non-hydrogen) atoms. The first-order valence-corrected chi connectivity index (χ1v) is 36.8. The van der Waals surface area contributed by atoms with E-state index in [-0.39, 0.29) is 32.2 Å². The van der Waals surface area contributed by atoms with Gasteiger partial charge in [0.1, 0.15) is 13.2 Å². The van der Waals surface area contributed by atoms with Gasteiger partial charge in [-0.2, -0.15) is 0 Å². The summed E-state index contributed by atoms with van der Waals surface area (Å²) in [5.74, 6) is -2.26. The summed E-state index contributed by atoms with van der Waals surface area (Å²) in [5, 5.41) is 11.8. The molecule has 0 aromatic rings. The highest BCUT2D eigenvalue weighted by molar-refractivity contribution is 5.70. The quantitative estimate of drug-likeness (QED) is 0.0195. The number of likely N-dealkylation sites (N-methyl/N-ethyl adjacent to an activating group) is 1. The highest BCUT2D eigenvalue weighted by Gasteiger charge is 2.22. The maximum Gasteiger partial charge on any atom is 0.306 e. The Bertz CT molecular complexity index is 1530. The third kappa shape index (κ3) is 68.6. The molecule has 0 N–H and O–H groups in total.